The molecule has 0 unspecified atom stereocenters. The first-order valence-corrected chi connectivity index (χ1v) is 5.85. The molecule has 1 aromatic heterocycles. The molecular formula is C9H14OS2. The molecule has 0 aromatic carbocycles. The van der Waals surface area contributed by atoms with Crippen molar-refractivity contribution in [2.75, 3.05) is 5.75 Å². The summed E-state index contributed by atoms with van der Waals surface area (Å²) < 4.78 is 1.31. The van der Waals surface area contributed by atoms with Gasteiger partial charge in [0.25, 0.3) is 0 Å². The van der Waals surface area contributed by atoms with Crippen LogP contribution in [0.4, 0.5) is 0 Å². The third-order valence-corrected chi connectivity index (χ3v) is 4.07. The van der Waals surface area contributed by atoms with Crippen molar-refractivity contribution in [3.63, 3.8) is 0 Å². The molecule has 1 nitrogen and oxygen atoms in total. The predicted molar refractivity (Wildman–Crippen MR) is 55.8 cm³/mol. The molecule has 3 heteroatoms. The maximum absolute atomic E-state index is 8.83. The second-order valence-corrected chi connectivity index (χ2v) is 5.57. The monoisotopic (exact) mass is 202 g/mol. The van der Waals surface area contributed by atoms with Crippen LogP contribution in [0.25, 0.3) is 0 Å². The fourth-order valence-electron chi connectivity index (χ4n) is 0.770. The van der Waals surface area contributed by atoms with Crippen molar-refractivity contribution in [3.05, 3.63) is 17.0 Å². The normalized spacial score (nSPS) is 11.0. The highest BCUT2D eigenvalue weighted by molar-refractivity contribution is 8.01. The summed E-state index contributed by atoms with van der Waals surface area (Å²) in [6.07, 6.45) is 0. The smallest absolute Gasteiger partial charge is 0.0774 e. The van der Waals surface area contributed by atoms with E-state index in [4.69, 9.17) is 5.11 Å². The van der Waals surface area contributed by atoms with Gasteiger partial charge in [-0.2, -0.15) is 0 Å². The van der Waals surface area contributed by atoms with Gasteiger partial charge in [0.05, 0.1) is 10.8 Å². The molecule has 1 N–H and O–H groups in total. The molecule has 0 saturated carbocycles. The Morgan fingerprint density at radius 1 is 1.50 bits per heavy atom. The van der Waals surface area contributed by atoms with Crippen LogP contribution in [0, 0.1) is 5.92 Å². The van der Waals surface area contributed by atoms with Gasteiger partial charge < -0.3 is 5.11 Å². The van der Waals surface area contributed by atoms with Crippen molar-refractivity contribution < 1.29 is 5.11 Å². The average Bonchev–Trinajstić information content (AvgIpc) is 2.48. The van der Waals surface area contributed by atoms with Gasteiger partial charge in [-0.1, -0.05) is 13.8 Å². The molecule has 0 aliphatic heterocycles. The molecule has 1 rings (SSSR count). The zero-order valence-corrected chi connectivity index (χ0v) is 9.04. The van der Waals surface area contributed by atoms with Crippen LogP contribution in [0.2, 0.25) is 0 Å². The van der Waals surface area contributed by atoms with Gasteiger partial charge in [-0.05, 0) is 18.1 Å². The summed E-state index contributed by atoms with van der Waals surface area (Å²) in [5, 5.41) is 8.83. The Bertz CT molecular complexity index is 230. The molecule has 0 amide bonds. The topological polar surface area (TPSA) is 20.2 Å². The molecule has 0 radical (unpaired) electrons. The molecule has 0 saturated heterocycles. The minimum atomic E-state index is 0.174. The molecule has 0 fully saturated rings. The maximum Gasteiger partial charge on any atom is 0.0774 e. The lowest BCUT2D eigenvalue weighted by molar-refractivity contribution is 0.285. The van der Waals surface area contributed by atoms with Gasteiger partial charge in [-0.25, -0.2) is 0 Å². The summed E-state index contributed by atoms with van der Waals surface area (Å²) in [4.78, 5) is 1.06. The molecule has 0 atom stereocenters. The fraction of sp³-hybridized carbons (Fsp3) is 0.556. The van der Waals surface area contributed by atoms with Crippen LogP contribution in [0.3, 0.4) is 0 Å². The van der Waals surface area contributed by atoms with E-state index < -0.39 is 0 Å². The zero-order chi connectivity index (χ0) is 8.97. The number of aliphatic hydroxyl groups excluding tert-OH is 1. The number of hydrogen-bond acceptors (Lipinski definition) is 3. The SMILES string of the molecule is CC(C)CSc1ccc(CO)s1. The zero-order valence-electron chi connectivity index (χ0n) is 7.41. The minimum Gasteiger partial charge on any atom is -0.391 e. The lowest BCUT2D eigenvalue weighted by Crippen LogP contribution is -1.88. The van der Waals surface area contributed by atoms with Gasteiger partial charge in [0.15, 0.2) is 0 Å². The summed E-state index contributed by atoms with van der Waals surface area (Å²) >= 11 is 3.56. The molecule has 12 heavy (non-hydrogen) atoms. The van der Waals surface area contributed by atoms with Crippen LogP contribution in [-0.2, 0) is 6.61 Å². The van der Waals surface area contributed by atoms with Crippen molar-refractivity contribution in [2.24, 2.45) is 5.92 Å². The lowest BCUT2D eigenvalue weighted by Gasteiger charge is -2.00. The highest BCUT2D eigenvalue weighted by Crippen LogP contribution is 2.28. The summed E-state index contributed by atoms with van der Waals surface area (Å²) in [5.74, 6) is 1.89. The van der Waals surface area contributed by atoms with E-state index >= 15 is 0 Å². The first-order valence-electron chi connectivity index (χ1n) is 4.04. The Balaban J connectivity index is 2.41. The van der Waals surface area contributed by atoms with Gasteiger partial charge in [0.1, 0.15) is 0 Å². The molecule has 0 bridgehead atoms. The standard InChI is InChI=1S/C9H14OS2/c1-7(2)6-11-9-4-3-8(5-10)12-9/h3-4,7,10H,5-6H2,1-2H3. The predicted octanol–water partition coefficient (Wildman–Crippen LogP) is 2.99. The van der Waals surface area contributed by atoms with Crippen LogP contribution in [-0.4, -0.2) is 10.9 Å². The van der Waals surface area contributed by atoms with Crippen molar-refractivity contribution in [1.29, 1.82) is 0 Å². The van der Waals surface area contributed by atoms with Crippen LogP contribution in [0.1, 0.15) is 18.7 Å². The molecule has 0 aliphatic carbocycles. The largest absolute Gasteiger partial charge is 0.391 e. The van der Waals surface area contributed by atoms with Crippen molar-refractivity contribution in [3.8, 4) is 0 Å². The number of rotatable bonds is 4. The van der Waals surface area contributed by atoms with Gasteiger partial charge in [-0.15, -0.1) is 23.1 Å². The maximum atomic E-state index is 8.83. The third-order valence-electron chi connectivity index (χ3n) is 1.35. The number of thiophene rings is 1. The van der Waals surface area contributed by atoms with E-state index in [1.165, 1.54) is 4.21 Å². The molecule has 68 valence electrons. The quantitative estimate of drug-likeness (QED) is 0.757. The summed E-state index contributed by atoms with van der Waals surface area (Å²) in [7, 11) is 0. The molecule has 0 aliphatic rings. The van der Waals surface area contributed by atoms with E-state index in [1.807, 2.05) is 17.8 Å². The number of aliphatic hydroxyl groups is 1. The molecule has 1 aromatic rings. The summed E-state index contributed by atoms with van der Waals surface area (Å²) in [6, 6.07) is 4.08. The Kier molecular flexibility index (Phi) is 4.12. The highest BCUT2D eigenvalue weighted by Gasteiger charge is 2.00. The van der Waals surface area contributed by atoms with Gasteiger partial charge >= 0.3 is 0 Å². The highest BCUT2D eigenvalue weighted by atomic mass is 32.2. The van der Waals surface area contributed by atoms with E-state index in [0.29, 0.717) is 0 Å². The van der Waals surface area contributed by atoms with Gasteiger partial charge in [-0.3, -0.25) is 0 Å². The van der Waals surface area contributed by atoms with E-state index in [9.17, 15) is 0 Å². The van der Waals surface area contributed by atoms with E-state index in [1.54, 1.807) is 11.3 Å². The average molecular weight is 202 g/mol. The molecule has 0 spiro atoms. The second kappa shape index (κ2) is 4.90. The van der Waals surface area contributed by atoms with E-state index in [2.05, 4.69) is 19.9 Å². The molecule has 1 heterocycles. The van der Waals surface area contributed by atoms with Crippen LogP contribution in [0.15, 0.2) is 16.3 Å². The van der Waals surface area contributed by atoms with E-state index in [-0.39, 0.29) is 6.61 Å². The Morgan fingerprint density at radius 2 is 2.25 bits per heavy atom. The van der Waals surface area contributed by atoms with Crippen molar-refractivity contribution in [2.45, 2.75) is 24.7 Å². The second-order valence-electron chi connectivity index (χ2n) is 3.08. The molecular weight excluding hydrogens is 188 g/mol. The third kappa shape index (κ3) is 3.17. The Hall–Kier alpha value is 0.01000. The lowest BCUT2D eigenvalue weighted by atomic mass is 10.3. The fourth-order valence-corrected chi connectivity index (χ4v) is 2.79. The van der Waals surface area contributed by atoms with E-state index in [0.717, 1.165) is 16.5 Å². The van der Waals surface area contributed by atoms with Crippen LogP contribution >= 0.6 is 23.1 Å². The van der Waals surface area contributed by atoms with Crippen LogP contribution in [0.5, 0.6) is 0 Å². The first-order chi connectivity index (χ1) is 5.72. The minimum absolute atomic E-state index is 0.174. The van der Waals surface area contributed by atoms with Crippen molar-refractivity contribution >= 4 is 23.1 Å². The Labute approximate surface area is 81.8 Å². The number of hydrogen-bond donors (Lipinski definition) is 1. The summed E-state index contributed by atoms with van der Waals surface area (Å²) in [5.41, 5.74) is 0. The summed E-state index contributed by atoms with van der Waals surface area (Å²) in [6.45, 7) is 4.61. The van der Waals surface area contributed by atoms with Gasteiger partial charge in [0, 0.05) is 10.6 Å². The first kappa shape index (κ1) is 10.1. The van der Waals surface area contributed by atoms with Gasteiger partial charge in [0.2, 0.25) is 0 Å². The van der Waals surface area contributed by atoms with Crippen LogP contribution < -0.4 is 0 Å². The van der Waals surface area contributed by atoms with Crippen molar-refractivity contribution in [1.82, 2.24) is 0 Å². The Morgan fingerprint density at radius 3 is 2.75 bits per heavy atom. The number of thioether (sulfide) groups is 1.